The number of carbonyl (C=O) groups excluding carboxylic acids is 3. The largest absolute Gasteiger partial charge is 0.461 e. The Morgan fingerprint density at radius 3 is 2.56 bits per heavy atom. The van der Waals surface area contributed by atoms with Crippen LogP contribution in [0, 0.1) is 11.8 Å². The third-order valence-corrected chi connectivity index (χ3v) is 6.60. The minimum atomic E-state index is -1.27. The Hall–Kier alpha value is -2.51. The predicted molar refractivity (Wildman–Crippen MR) is 98.5 cm³/mol. The molecule has 0 bridgehead atoms. The van der Waals surface area contributed by atoms with Crippen LogP contribution < -0.4 is 5.32 Å². The van der Waals surface area contributed by atoms with Crippen LogP contribution in [0.25, 0.3) is 0 Å². The van der Waals surface area contributed by atoms with E-state index < -0.39 is 23.3 Å². The second kappa shape index (κ2) is 6.58. The molecule has 0 aliphatic carbocycles. The molecule has 2 aliphatic rings. The van der Waals surface area contributed by atoms with E-state index >= 15 is 0 Å². The van der Waals surface area contributed by atoms with Crippen molar-refractivity contribution in [2.45, 2.75) is 18.5 Å². The molecule has 2 amide bonds. The highest BCUT2D eigenvalue weighted by Gasteiger charge is 2.73. The fourth-order valence-electron chi connectivity index (χ4n) is 4.46. The highest BCUT2D eigenvalue weighted by atomic mass is 32.1. The Kier molecular flexibility index (Phi) is 4.36. The number of amides is 2. The van der Waals surface area contributed by atoms with Gasteiger partial charge in [-0.25, -0.2) is 4.79 Å². The molecule has 0 saturated carbocycles. The number of esters is 1. The van der Waals surface area contributed by atoms with Gasteiger partial charge in [0.05, 0.1) is 11.5 Å². The Labute approximate surface area is 161 Å². The minimum absolute atomic E-state index is 0.209. The molecule has 27 heavy (non-hydrogen) atoms. The molecule has 7 heteroatoms. The number of thiophene rings is 1. The second-order valence-electron chi connectivity index (χ2n) is 6.90. The lowest BCUT2D eigenvalue weighted by atomic mass is 9.75. The summed E-state index contributed by atoms with van der Waals surface area (Å²) in [7, 11) is 1.50. The van der Waals surface area contributed by atoms with Gasteiger partial charge in [0.15, 0.2) is 0 Å². The van der Waals surface area contributed by atoms with Crippen molar-refractivity contribution in [2.24, 2.45) is 11.8 Å². The molecule has 4 rings (SSSR count). The van der Waals surface area contributed by atoms with Crippen LogP contribution in [0.3, 0.4) is 0 Å². The van der Waals surface area contributed by atoms with Crippen LogP contribution in [0.15, 0.2) is 47.8 Å². The van der Waals surface area contributed by atoms with Crippen molar-refractivity contribution >= 4 is 29.1 Å². The lowest BCUT2D eigenvalue weighted by molar-refractivity contribution is -0.741. The average molecular weight is 385 g/mol. The first-order chi connectivity index (χ1) is 13.0. The van der Waals surface area contributed by atoms with E-state index in [-0.39, 0.29) is 24.5 Å². The summed E-state index contributed by atoms with van der Waals surface area (Å²) >= 11 is 1.53. The van der Waals surface area contributed by atoms with Gasteiger partial charge in [-0.05, 0) is 18.4 Å². The summed E-state index contributed by atoms with van der Waals surface area (Å²) < 4.78 is 5.43. The topological polar surface area (TPSA) is 80.3 Å². The van der Waals surface area contributed by atoms with Crippen LogP contribution in [0.5, 0.6) is 0 Å². The van der Waals surface area contributed by atoms with Crippen molar-refractivity contribution in [3.05, 3.63) is 58.3 Å². The number of benzene rings is 1. The fourth-order valence-corrected chi connectivity index (χ4v) is 5.30. The third-order valence-electron chi connectivity index (χ3n) is 5.63. The van der Waals surface area contributed by atoms with Gasteiger partial charge in [-0.2, -0.15) is 0 Å². The zero-order valence-electron chi connectivity index (χ0n) is 15.1. The smallest absolute Gasteiger partial charge is 0.373 e. The molecule has 1 aromatic heterocycles. The van der Waals surface area contributed by atoms with E-state index in [9.17, 15) is 14.4 Å². The zero-order chi connectivity index (χ0) is 19.2. The SMILES string of the molecule is CCOC(=O)[C@@]1(c2ccccc2)[NH2+][C@@H](c2cccs2)[C@H]2C(=O)N(C)C(=O)[C@@H]21. The number of likely N-dealkylation sites (tertiary alicyclic amines) is 1. The van der Waals surface area contributed by atoms with E-state index in [1.54, 1.807) is 6.92 Å². The lowest BCUT2D eigenvalue weighted by Crippen LogP contribution is -2.96. The zero-order valence-corrected chi connectivity index (χ0v) is 15.9. The Bertz CT molecular complexity index is 883. The number of nitrogens with two attached hydrogens (primary N) is 1. The van der Waals surface area contributed by atoms with E-state index in [0.717, 1.165) is 4.88 Å². The van der Waals surface area contributed by atoms with E-state index in [1.165, 1.54) is 23.3 Å². The van der Waals surface area contributed by atoms with Crippen molar-refractivity contribution in [1.29, 1.82) is 0 Å². The third kappa shape index (κ3) is 2.45. The highest BCUT2D eigenvalue weighted by Crippen LogP contribution is 2.48. The number of imide groups is 1. The Morgan fingerprint density at radius 1 is 1.19 bits per heavy atom. The quantitative estimate of drug-likeness (QED) is 0.630. The monoisotopic (exact) mass is 385 g/mol. The summed E-state index contributed by atoms with van der Waals surface area (Å²) in [4.78, 5) is 41.4. The molecule has 2 aromatic rings. The van der Waals surface area contributed by atoms with Gasteiger partial charge in [-0.15, -0.1) is 11.3 Å². The van der Waals surface area contributed by atoms with Gasteiger partial charge < -0.3 is 10.1 Å². The van der Waals surface area contributed by atoms with Crippen molar-refractivity contribution < 1.29 is 24.4 Å². The molecule has 0 unspecified atom stereocenters. The van der Waals surface area contributed by atoms with Crippen molar-refractivity contribution in [1.82, 2.24) is 4.90 Å². The first-order valence-corrected chi connectivity index (χ1v) is 9.84. The molecule has 0 radical (unpaired) electrons. The highest BCUT2D eigenvalue weighted by molar-refractivity contribution is 7.10. The van der Waals surface area contributed by atoms with Crippen LogP contribution >= 0.6 is 11.3 Å². The number of carbonyl (C=O) groups is 3. The summed E-state index contributed by atoms with van der Waals surface area (Å²) in [6, 6.07) is 12.8. The molecule has 6 nitrogen and oxygen atoms in total. The second-order valence-corrected chi connectivity index (χ2v) is 7.88. The Morgan fingerprint density at radius 2 is 1.93 bits per heavy atom. The molecule has 2 saturated heterocycles. The number of rotatable bonds is 4. The van der Waals surface area contributed by atoms with Gasteiger partial charge in [0, 0.05) is 12.6 Å². The number of hydrogen-bond donors (Lipinski definition) is 1. The van der Waals surface area contributed by atoms with Gasteiger partial charge in [-0.1, -0.05) is 36.4 Å². The number of hydrogen-bond acceptors (Lipinski definition) is 5. The number of nitrogens with zero attached hydrogens (tertiary/aromatic N) is 1. The van der Waals surface area contributed by atoms with Crippen LogP contribution in [0.4, 0.5) is 0 Å². The summed E-state index contributed by atoms with van der Waals surface area (Å²) in [6.45, 7) is 1.95. The van der Waals surface area contributed by atoms with Crippen molar-refractivity contribution in [2.75, 3.05) is 13.7 Å². The molecule has 2 fully saturated rings. The Balaban J connectivity index is 1.93. The molecule has 140 valence electrons. The normalized spacial score (nSPS) is 29.9. The standard InChI is InChI=1S/C20H20N2O4S/c1-3-26-19(25)20(12-8-5-4-6-9-12)15-14(17(23)22(2)18(15)24)16(21-20)13-10-7-11-27-13/h4-11,14-16,21H,3H2,1-2H3/p+1/t14-,15+,16-,20-/m0/s1. The van der Waals surface area contributed by atoms with E-state index in [0.29, 0.717) is 5.56 Å². The van der Waals surface area contributed by atoms with E-state index in [1.807, 2.05) is 53.2 Å². The first-order valence-electron chi connectivity index (χ1n) is 8.96. The first kappa shape index (κ1) is 17.9. The number of fused-ring (bicyclic) bond motifs is 1. The van der Waals surface area contributed by atoms with Crippen LogP contribution in [-0.2, 0) is 24.7 Å². The lowest BCUT2D eigenvalue weighted by Gasteiger charge is -2.29. The van der Waals surface area contributed by atoms with Gasteiger partial charge in [0.2, 0.25) is 17.4 Å². The molecule has 4 atom stereocenters. The molecular formula is C20H21N2O4S+. The number of ether oxygens (including phenoxy) is 1. The summed E-state index contributed by atoms with van der Waals surface area (Å²) in [5, 5.41) is 3.82. The minimum Gasteiger partial charge on any atom is -0.461 e. The summed E-state index contributed by atoms with van der Waals surface area (Å²) in [5.41, 5.74) is -0.581. The van der Waals surface area contributed by atoms with Gasteiger partial charge in [0.25, 0.3) is 0 Å². The van der Waals surface area contributed by atoms with Gasteiger partial charge >= 0.3 is 5.97 Å². The van der Waals surface area contributed by atoms with E-state index in [2.05, 4.69) is 0 Å². The molecule has 2 N–H and O–H groups in total. The molecular weight excluding hydrogens is 364 g/mol. The maximum Gasteiger partial charge on any atom is 0.373 e. The number of quaternary nitrogens is 1. The molecule has 1 aromatic carbocycles. The van der Waals surface area contributed by atoms with Crippen molar-refractivity contribution in [3.63, 3.8) is 0 Å². The van der Waals surface area contributed by atoms with Crippen LogP contribution in [0.2, 0.25) is 0 Å². The predicted octanol–water partition coefficient (Wildman–Crippen LogP) is 1.06. The van der Waals surface area contributed by atoms with Crippen LogP contribution in [-0.4, -0.2) is 36.3 Å². The molecule has 0 spiro atoms. The van der Waals surface area contributed by atoms with Gasteiger partial charge in [-0.3, -0.25) is 14.5 Å². The maximum absolute atomic E-state index is 13.3. The van der Waals surface area contributed by atoms with Crippen LogP contribution in [0.1, 0.15) is 23.4 Å². The summed E-state index contributed by atoms with van der Waals surface area (Å²) in [6.07, 6.45) is 0. The fraction of sp³-hybridized carbons (Fsp3) is 0.350. The van der Waals surface area contributed by atoms with Gasteiger partial charge in [0.1, 0.15) is 17.9 Å². The average Bonchev–Trinajstić information content (AvgIpc) is 3.37. The van der Waals surface area contributed by atoms with Crippen molar-refractivity contribution in [3.8, 4) is 0 Å². The maximum atomic E-state index is 13.3. The molecule has 3 heterocycles. The van der Waals surface area contributed by atoms with E-state index in [4.69, 9.17) is 4.74 Å². The molecule has 2 aliphatic heterocycles. The summed E-state index contributed by atoms with van der Waals surface area (Å²) in [5.74, 6) is -2.41.